The van der Waals surface area contributed by atoms with Gasteiger partial charge in [0, 0.05) is 18.8 Å². The summed E-state index contributed by atoms with van der Waals surface area (Å²) in [6, 6.07) is 0. The summed E-state index contributed by atoms with van der Waals surface area (Å²) in [7, 11) is -4.03. The van der Waals surface area contributed by atoms with Crippen LogP contribution in [0.15, 0.2) is 0 Å². The molecular formula is C7H14LiNO4S. The van der Waals surface area contributed by atoms with Crippen LogP contribution in [-0.4, -0.2) is 56.5 Å². The van der Waals surface area contributed by atoms with Gasteiger partial charge in [-0.3, -0.25) is 4.90 Å². The molecule has 0 radical (unpaired) electrons. The largest absolute Gasteiger partial charge is 1.00 e. The molecular weight excluding hydrogens is 201 g/mol. The van der Waals surface area contributed by atoms with Crippen molar-refractivity contribution in [2.45, 2.75) is 6.42 Å². The molecule has 0 aromatic carbocycles. The van der Waals surface area contributed by atoms with Gasteiger partial charge in [-0.2, -0.15) is 0 Å². The van der Waals surface area contributed by atoms with Gasteiger partial charge in [0.25, 0.3) is 0 Å². The number of hydrogen-bond acceptors (Lipinski definition) is 5. The van der Waals surface area contributed by atoms with E-state index >= 15 is 0 Å². The molecule has 0 aromatic heterocycles. The van der Waals surface area contributed by atoms with Crippen LogP contribution in [0.5, 0.6) is 0 Å². The molecule has 14 heavy (non-hydrogen) atoms. The Labute approximate surface area is 96.7 Å². The van der Waals surface area contributed by atoms with Gasteiger partial charge in [0.15, 0.2) is 0 Å². The fourth-order valence-electron chi connectivity index (χ4n) is 1.29. The van der Waals surface area contributed by atoms with E-state index < -0.39 is 10.1 Å². The predicted octanol–water partition coefficient (Wildman–Crippen LogP) is -3.74. The summed E-state index contributed by atoms with van der Waals surface area (Å²) in [5.41, 5.74) is 0. The molecule has 1 heterocycles. The Bertz CT molecular complexity index is 238. The average Bonchev–Trinajstić information content (AvgIpc) is 2.04. The maximum absolute atomic E-state index is 10.3. The maximum Gasteiger partial charge on any atom is 1.00 e. The Hall–Kier alpha value is 0.427. The van der Waals surface area contributed by atoms with Crippen molar-refractivity contribution in [3.8, 4) is 0 Å². The quantitative estimate of drug-likeness (QED) is 0.356. The topological polar surface area (TPSA) is 69.7 Å². The molecule has 0 bridgehead atoms. The normalized spacial score (nSPS) is 18.9. The van der Waals surface area contributed by atoms with Gasteiger partial charge in [-0.15, -0.1) is 0 Å². The summed E-state index contributed by atoms with van der Waals surface area (Å²) in [5.74, 6) is -0.260. The Kier molecular flexibility index (Phi) is 7.04. The SMILES string of the molecule is O=S(=O)([O-])CCCN1CCOCC1.[Li+]. The second-order valence-corrected chi connectivity index (χ2v) is 4.59. The molecule has 78 valence electrons. The summed E-state index contributed by atoms with van der Waals surface area (Å²) in [5, 5.41) is 0. The maximum atomic E-state index is 10.3. The third kappa shape index (κ3) is 6.82. The predicted molar refractivity (Wildman–Crippen MR) is 46.4 cm³/mol. The van der Waals surface area contributed by atoms with Crippen molar-refractivity contribution in [3.05, 3.63) is 0 Å². The van der Waals surface area contributed by atoms with E-state index in [1.807, 2.05) is 0 Å². The van der Waals surface area contributed by atoms with Gasteiger partial charge in [0.05, 0.1) is 23.3 Å². The third-order valence-electron chi connectivity index (χ3n) is 1.97. The summed E-state index contributed by atoms with van der Waals surface area (Å²) in [6.45, 7) is 3.73. The van der Waals surface area contributed by atoms with E-state index in [0.717, 1.165) is 13.1 Å². The van der Waals surface area contributed by atoms with Crippen molar-refractivity contribution in [1.82, 2.24) is 4.90 Å². The van der Waals surface area contributed by atoms with Crippen LogP contribution in [0, 0.1) is 0 Å². The van der Waals surface area contributed by atoms with E-state index in [-0.39, 0.29) is 24.6 Å². The molecule has 1 rings (SSSR count). The Balaban J connectivity index is 0.00000169. The molecule has 0 atom stereocenters. The molecule has 0 amide bonds. The zero-order chi connectivity index (χ0) is 9.73. The van der Waals surface area contributed by atoms with Gasteiger partial charge in [-0.25, -0.2) is 8.42 Å². The third-order valence-corrected chi connectivity index (χ3v) is 2.76. The van der Waals surface area contributed by atoms with E-state index in [0.29, 0.717) is 26.2 Å². The molecule has 7 heteroatoms. The Morgan fingerprint density at radius 1 is 1.29 bits per heavy atom. The van der Waals surface area contributed by atoms with Crippen molar-refractivity contribution in [1.29, 1.82) is 0 Å². The van der Waals surface area contributed by atoms with Crippen LogP contribution in [0.3, 0.4) is 0 Å². The first-order valence-corrected chi connectivity index (χ1v) is 5.89. The average molecular weight is 215 g/mol. The van der Waals surface area contributed by atoms with Crippen LogP contribution >= 0.6 is 0 Å². The molecule has 1 saturated heterocycles. The molecule has 0 aromatic rings. The van der Waals surface area contributed by atoms with Crippen molar-refractivity contribution < 1.29 is 36.6 Å². The molecule has 0 spiro atoms. The van der Waals surface area contributed by atoms with Crippen LogP contribution in [0.25, 0.3) is 0 Å². The summed E-state index contributed by atoms with van der Waals surface area (Å²) in [4.78, 5) is 2.11. The van der Waals surface area contributed by atoms with Crippen molar-refractivity contribution >= 4 is 10.1 Å². The second-order valence-electron chi connectivity index (χ2n) is 3.07. The zero-order valence-corrected chi connectivity index (χ0v) is 9.25. The molecule has 1 aliphatic rings. The molecule has 1 aliphatic heterocycles. The van der Waals surface area contributed by atoms with Crippen LogP contribution in [0.4, 0.5) is 0 Å². The molecule has 5 nitrogen and oxygen atoms in total. The minimum atomic E-state index is -4.03. The minimum absolute atomic E-state index is 0. The van der Waals surface area contributed by atoms with Crippen LogP contribution in [0.2, 0.25) is 0 Å². The van der Waals surface area contributed by atoms with Crippen LogP contribution < -0.4 is 18.9 Å². The Morgan fingerprint density at radius 3 is 2.36 bits per heavy atom. The number of ether oxygens (including phenoxy) is 1. The van der Waals surface area contributed by atoms with Gasteiger partial charge in [0.1, 0.15) is 0 Å². The van der Waals surface area contributed by atoms with Crippen LogP contribution in [-0.2, 0) is 14.9 Å². The zero-order valence-electron chi connectivity index (χ0n) is 8.44. The van der Waals surface area contributed by atoms with Gasteiger partial charge < -0.3 is 9.29 Å². The first-order chi connectivity index (χ1) is 6.08. The van der Waals surface area contributed by atoms with Gasteiger partial charge in [-0.05, 0) is 13.0 Å². The van der Waals surface area contributed by atoms with Crippen molar-refractivity contribution in [3.63, 3.8) is 0 Å². The molecule has 0 unspecified atom stereocenters. The van der Waals surface area contributed by atoms with E-state index in [4.69, 9.17) is 4.74 Å². The summed E-state index contributed by atoms with van der Waals surface area (Å²) in [6.07, 6.45) is 0.422. The first kappa shape index (κ1) is 14.4. The smallest absolute Gasteiger partial charge is 0.748 e. The first-order valence-electron chi connectivity index (χ1n) is 4.31. The fraction of sp³-hybridized carbons (Fsp3) is 1.00. The number of hydrogen-bond donors (Lipinski definition) is 0. The Morgan fingerprint density at radius 2 is 1.86 bits per heavy atom. The second kappa shape index (κ2) is 6.83. The van der Waals surface area contributed by atoms with Crippen LogP contribution in [0.1, 0.15) is 6.42 Å². The van der Waals surface area contributed by atoms with E-state index in [2.05, 4.69) is 4.90 Å². The van der Waals surface area contributed by atoms with Crippen molar-refractivity contribution in [2.75, 3.05) is 38.6 Å². The van der Waals surface area contributed by atoms with Gasteiger partial charge in [-0.1, -0.05) is 0 Å². The summed E-state index contributed by atoms with van der Waals surface area (Å²) < 4.78 is 35.9. The number of nitrogens with zero attached hydrogens (tertiary/aromatic N) is 1. The fourth-order valence-corrected chi connectivity index (χ4v) is 1.77. The monoisotopic (exact) mass is 215 g/mol. The number of rotatable bonds is 4. The number of morpholine rings is 1. The molecule has 0 N–H and O–H groups in total. The summed E-state index contributed by atoms with van der Waals surface area (Å²) >= 11 is 0. The van der Waals surface area contributed by atoms with E-state index in [1.165, 1.54) is 0 Å². The van der Waals surface area contributed by atoms with Gasteiger partial charge >= 0.3 is 18.9 Å². The minimum Gasteiger partial charge on any atom is -0.748 e. The molecule has 0 aliphatic carbocycles. The molecule has 1 fully saturated rings. The van der Waals surface area contributed by atoms with Gasteiger partial charge in [0.2, 0.25) is 0 Å². The van der Waals surface area contributed by atoms with E-state index in [9.17, 15) is 13.0 Å². The van der Waals surface area contributed by atoms with Crippen molar-refractivity contribution in [2.24, 2.45) is 0 Å². The van der Waals surface area contributed by atoms with E-state index in [1.54, 1.807) is 0 Å². The molecule has 0 saturated carbocycles. The standard InChI is InChI=1S/C7H15NO4S.Li/c9-13(10,11)7-1-2-8-3-5-12-6-4-8;/h1-7H2,(H,9,10,11);/q;+1/p-1.